The SMILES string of the molecule is O=C(O)NC(c1cn2nc(C[C@H]3CCCNC3=O)ccc2n1)C1CCC(F)(F)CC1. The molecule has 2 aromatic heterocycles. The second-order valence-corrected chi connectivity index (χ2v) is 8.25. The Kier molecular flexibility index (Phi) is 5.57. The van der Waals surface area contributed by atoms with Gasteiger partial charge in [0.1, 0.15) is 0 Å². The Hall–Kier alpha value is -2.78. The van der Waals surface area contributed by atoms with Crippen LogP contribution in [0.5, 0.6) is 0 Å². The van der Waals surface area contributed by atoms with E-state index >= 15 is 0 Å². The van der Waals surface area contributed by atoms with Crippen molar-refractivity contribution in [3.05, 3.63) is 29.7 Å². The molecule has 2 aromatic rings. The molecule has 2 fully saturated rings. The number of aromatic nitrogens is 3. The van der Waals surface area contributed by atoms with E-state index in [0.717, 1.165) is 18.5 Å². The summed E-state index contributed by atoms with van der Waals surface area (Å²) in [6.45, 7) is 0.706. The number of piperidine rings is 1. The molecule has 8 nitrogen and oxygen atoms in total. The van der Waals surface area contributed by atoms with Gasteiger partial charge in [-0.05, 0) is 43.7 Å². The number of amides is 2. The van der Waals surface area contributed by atoms with Crippen LogP contribution in [-0.2, 0) is 11.2 Å². The number of carbonyl (C=O) groups excluding carboxylic acids is 1. The third kappa shape index (κ3) is 4.52. The highest BCUT2D eigenvalue weighted by Gasteiger charge is 2.39. The van der Waals surface area contributed by atoms with Crippen LogP contribution in [0.4, 0.5) is 13.6 Å². The molecule has 1 aliphatic heterocycles. The molecule has 2 amide bonds. The Morgan fingerprint density at radius 3 is 2.80 bits per heavy atom. The second-order valence-electron chi connectivity index (χ2n) is 8.25. The van der Waals surface area contributed by atoms with Crippen molar-refractivity contribution in [3.8, 4) is 0 Å². The first-order valence-corrected chi connectivity index (χ1v) is 10.3. The zero-order valence-corrected chi connectivity index (χ0v) is 16.5. The lowest BCUT2D eigenvalue weighted by Gasteiger charge is -2.32. The van der Waals surface area contributed by atoms with Gasteiger partial charge >= 0.3 is 6.09 Å². The van der Waals surface area contributed by atoms with E-state index in [-0.39, 0.29) is 43.4 Å². The van der Waals surface area contributed by atoms with Crippen LogP contribution in [0.25, 0.3) is 5.65 Å². The Morgan fingerprint density at radius 2 is 2.10 bits per heavy atom. The van der Waals surface area contributed by atoms with Crippen molar-refractivity contribution in [1.82, 2.24) is 25.2 Å². The summed E-state index contributed by atoms with van der Waals surface area (Å²) in [5.41, 5.74) is 1.75. The molecule has 0 radical (unpaired) electrons. The van der Waals surface area contributed by atoms with Gasteiger partial charge in [0.05, 0.1) is 23.6 Å². The first-order valence-electron chi connectivity index (χ1n) is 10.3. The molecule has 4 rings (SSSR count). The van der Waals surface area contributed by atoms with E-state index in [1.165, 1.54) is 0 Å². The molecule has 1 unspecified atom stereocenters. The molecule has 30 heavy (non-hydrogen) atoms. The summed E-state index contributed by atoms with van der Waals surface area (Å²) in [4.78, 5) is 27.8. The van der Waals surface area contributed by atoms with Gasteiger partial charge in [-0.3, -0.25) is 4.79 Å². The molecule has 0 bridgehead atoms. The Labute approximate surface area is 172 Å². The maximum Gasteiger partial charge on any atom is 0.405 e. The Balaban J connectivity index is 1.55. The minimum atomic E-state index is -2.69. The van der Waals surface area contributed by atoms with Gasteiger partial charge < -0.3 is 15.7 Å². The van der Waals surface area contributed by atoms with Gasteiger partial charge in [0, 0.05) is 31.7 Å². The van der Waals surface area contributed by atoms with Crippen LogP contribution in [0.15, 0.2) is 18.3 Å². The van der Waals surface area contributed by atoms with E-state index in [9.17, 15) is 23.5 Å². The Bertz CT molecular complexity index is 938. The van der Waals surface area contributed by atoms with Crippen LogP contribution >= 0.6 is 0 Å². The monoisotopic (exact) mass is 421 g/mol. The molecule has 162 valence electrons. The number of hydrogen-bond acceptors (Lipinski definition) is 4. The lowest BCUT2D eigenvalue weighted by atomic mass is 9.81. The number of rotatable bonds is 5. The fraction of sp³-hybridized carbons (Fsp3) is 0.600. The summed E-state index contributed by atoms with van der Waals surface area (Å²) in [6.07, 6.45) is 2.64. The van der Waals surface area contributed by atoms with Gasteiger partial charge in [-0.25, -0.2) is 23.1 Å². The normalized spacial score (nSPS) is 23.1. The predicted molar refractivity (Wildman–Crippen MR) is 103 cm³/mol. The zero-order valence-electron chi connectivity index (χ0n) is 16.5. The lowest BCUT2D eigenvalue weighted by Crippen LogP contribution is -2.37. The standard InChI is InChI=1S/C20H25F2N5O3/c21-20(22)7-5-12(6-8-20)17(25-19(29)30)15-11-27-16(24-15)4-3-14(26-27)10-13-2-1-9-23-18(13)28/h3-4,11-13,17,25H,1-2,5-10H2,(H,23,28)(H,29,30)/t13-,17?/m1/s1. The van der Waals surface area contributed by atoms with Crippen molar-refractivity contribution < 1.29 is 23.5 Å². The number of hydrogen-bond donors (Lipinski definition) is 3. The van der Waals surface area contributed by atoms with Crippen molar-refractivity contribution in [2.24, 2.45) is 11.8 Å². The van der Waals surface area contributed by atoms with Gasteiger partial charge in [0.15, 0.2) is 5.65 Å². The summed E-state index contributed by atoms with van der Waals surface area (Å²) in [5, 5.41) is 19.1. The first-order chi connectivity index (χ1) is 14.3. The minimum absolute atomic E-state index is 0.0364. The highest BCUT2D eigenvalue weighted by Crippen LogP contribution is 2.41. The van der Waals surface area contributed by atoms with Crippen LogP contribution in [0.1, 0.15) is 56.0 Å². The molecule has 3 N–H and O–H groups in total. The highest BCUT2D eigenvalue weighted by molar-refractivity contribution is 5.79. The van der Waals surface area contributed by atoms with Crippen molar-refractivity contribution in [2.75, 3.05) is 6.54 Å². The molecule has 0 aromatic carbocycles. The molecular weight excluding hydrogens is 396 g/mol. The van der Waals surface area contributed by atoms with Gasteiger partial charge in [-0.1, -0.05) is 0 Å². The third-order valence-corrected chi connectivity index (χ3v) is 6.08. The molecule has 1 saturated heterocycles. The predicted octanol–water partition coefficient (Wildman–Crippen LogP) is 2.93. The van der Waals surface area contributed by atoms with E-state index in [1.54, 1.807) is 16.8 Å². The third-order valence-electron chi connectivity index (χ3n) is 6.08. The van der Waals surface area contributed by atoms with Crippen LogP contribution in [0.2, 0.25) is 0 Å². The van der Waals surface area contributed by atoms with Gasteiger partial charge in [-0.2, -0.15) is 5.10 Å². The number of imidazole rings is 1. The fourth-order valence-electron chi connectivity index (χ4n) is 4.44. The molecule has 1 saturated carbocycles. The van der Waals surface area contributed by atoms with Crippen LogP contribution < -0.4 is 10.6 Å². The highest BCUT2D eigenvalue weighted by atomic mass is 19.3. The molecule has 2 aliphatic rings. The topological polar surface area (TPSA) is 109 Å². The first kappa shape index (κ1) is 20.5. The smallest absolute Gasteiger partial charge is 0.405 e. The van der Waals surface area contributed by atoms with Crippen molar-refractivity contribution in [1.29, 1.82) is 0 Å². The molecule has 2 atom stereocenters. The molecule has 0 spiro atoms. The zero-order chi connectivity index (χ0) is 21.3. The van der Waals surface area contributed by atoms with Crippen LogP contribution in [0, 0.1) is 11.8 Å². The van der Waals surface area contributed by atoms with Crippen LogP contribution in [0.3, 0.4) is 0 Å². The van der Waals surface area contributed by atoms with Gasteiger partial charge in [-0.15, -0.1) is 0 Å². The van der Waals surface area contributed by atoms with Gasteiger partial charge in [0.25, 0.3) is 0 Å². The summed E-state index contributed by atoms with van der Waals surface area (Å²) in [6, 6.07) is 2.92. The van der Waals surface area contributed by atoms with E-state index in [1.807, 2.05) is 6.07 Å². The number of alkyl halides is 2. The van der Waals surface area contributed by atoms with Crippen molar-refractivity contribution in [3.63, 3.8) is 0 Å². The molecule has 3 heterocycles. The maximum absolute atomic E-state index is 13.5. The summed E-state index contributed by atoms with van der Waals surface area (Å²) in [5.74, 6) is -3.02. The summed E-state index contributed by atoms with van der Waals surface area (Å²) < 4.78 is 28.7. The quantitative estimate of drug-likeness (QED) is 0.688. The number of halogens is 2. The molecular formula is C20H25F2N5O3. The average molecular weight is 421 g/mol. The lowest BCUT2D eigenvalue weighted by molar-refractivity contribution is -0.126. The summed E-state index contributed by atoms with van der Waals surface area (Å²) in [7, 11) is 0. The number of carboxylic acid groups (broad SMARTS) is 1. The largest absolute Gasteiger partial charge is 0.465 e. The van der Waals surface area contributed by atoms with Crippen LogP contribution in [-0.4, -0.2) is 44.2 Å². The number of carbonyl (C=O) groups is 2. The van der Waals surface area contributed by atoms with E-state index in [4.69, 9.17) is 0 Å². The van der Waals surface area contributed by atoms with E-state index in [0.29, 0.717) is 24.3 Å². The Morgan fingerprint density at radius 1 is 1.33 bits per heavy atom. The summed E-state index contributed by atoms with van der Waals surface area (Å²) >= 11 is 0. The average Bonchev–Trinajstić information content (AvgIpc) is 3.11. The number of fused-ring (bicyclic) bond motifs is 1. The van der Waals surface area contributed by atoms with Crippen molar-refractivity contribution >= 4 is 17.6 Å². The van der Waals surface area contributed by atoms with Gasteiger partial charge in [0.2, 0.25) is 11.8 Å². The van der Waals surface area contributed by atoms with Crippen molar-refractivity contribution in [2.45, 2.75) is 56.9 Å². The molecule has 1 aliphatic carbocycles. The number of nitrogens with zero attached hydrogens (tertiary/aromatic N) is 3. The fourth-order valence-corrected chi connectivity index (χ4v) is 4.44. The maximum atomic E-state index is 13.5. The minimum Gasteiger partial charge on any atom is -0.465 e. The second kappa shape index (κ2) is 8.16. The number of nitrogens with one attached hydrogen (secondary N) is 2. The van der Waals surface area contributed by atoms with E-state index < -0.39 is 18.1 Å². The molecule has 10 heteroatoms. The van der Waals surface area contributed by atoms with E-state index in [2.05, 4.69) is 20.7 Å².